The summed E-state index contributed by atoms with van der Waals surface area (Å²) in [4.78, 5) is 25.5. The van der Waals surface area contributed by atoms with Crippen LogP contribution in [0.2, 0.25) is 0 Å². The second-order valence-corrected chi connectivity index (χ2v) is 8.22. The Bertz CT molecular complexity index is 1520. The third-order valence-electron chi connectivity index (χ3n) is 6.31. The third kappa shape index (κ3) is 2.78. The van der Waals surface area contributed by atoms with E-state index in [9.17, 15) is 9.18 Å². The number of benzene rings is 1. The maximum absolute atomic E-state index is 14.3. The molecule has 158 valence electrons. The topological polar surface area (TPSA) is 115 Å². The smallest absolute Gasteiger partial charge is 0.280 e. The fraction of sp³-hybridized carbons (Fsp3) is 0.273. The monoisotopic (exact) mass is 429 g/mol. The fourth-order valence-electron chi connectivity index (χ4n) is 4.65. The molecule has 0 amide bonds. The lowest BCUT2D eigenvalue weighted by atomic mass is 9.99. The van der Waals surface area contributed by atoms with E-state index in [-0.39, 0.29) is 29.8 Å². The van der Waals surface area contributed by atoms with E-state index in [1.54, 1.807) is 30.1 Å². The van der Waals surface area contributed by atoms with Gasteiger partial charge in [0.2, 0.25) is 5.89 Å². The number of imidazole rings is 1. The second-order valence-electron chi connectivity index (χ2n) is 8.22. The first-order chi connectivity index (χ1) is 15.5. The maximum atomic E-state index is 14.3. The van der Waals surface area contributed by atoms with Gasteiger partial charge in [0, 0.05) is 18.5 Å². The van der Waals surface area contributed by atoms with Crippen LogP contribution in [-0.4, -0.2) is 29.2 Å². The van der Waals surface area contributed by atoms with Gasteiger partial charge < -0.3 is 9.09 Å². The number of hydrogen-bond acceptors (Lipinski definition) is 7. The van der Waals surface area contributed by atoms with Gasteiger partial charge in [-0.25, -0.2) is 14.4 Å². The minimum Gasteiger partial charge on any atom is -0.337 e. The van der Waals surface area contributed by atoms with Crippen LogP contribution in [0.25, 0.3) is 16.7 Å². The Kier molecular flexibility index (Phi) is 3.89. The molecule has 9 nitrogen and oxygen atoms in total. The summed E-state index contributed by atoms with van der Waals surface area (Å²) in [6.07, 6.45) is 5.77. The van der Waals surface area contributed by atoms with Gasteiger partial charge in [-0.3, -0.25) is 9.36 Å². The van der Waals surface area contributed by atoms with Gasteiger partial charge in [0.05, 0.1) is 18.0 Å². The predicted molar refractivity (Wildman–Crippen MR) is 110 cm³/mol. The minimum atomic E-state index is -0.376. The third-order valence-corrected chi connectivity index (χ3v) is 6.31. The molecule has 32 heavy (non-hydrogen) atoms. The van der Waals surface area contributed by atoms with Crippen LogP contribution in [0.5, 0.6) is 0 Å². The number of aromatic nitrogens is 6. The van der Waals surface area contributed by atoms with Gasteiger partial charge in [0.25, 0.3) is 5.56 Å². The van der Waals surface area contributed by atoms with Crippen LogP contribution in [0.4, 0.5) is 4.39 Å². The summed E-state index contributed by atoms with van der Waals surface area (Å²) in [6, 6.07) is 6.51. The van der Waals surface area contributed by atoms with Crippen molar-refractivity contribution in [1.82, 2.24) is 29.2 Å². The van der Waals surface area contributed by atoms with Crippen LogP contribution < -0.4 is 5.56 Å². The number of fused-ring (bicyclic) bond motifs is 2. The number of hydrogen-bond donors (Lipinski definition) is 0. The molecule has 2 aliphatic rings. The van der Waals surface area contributed by atoms with Crippen LogP contribution in [-0.2, 0) is 13.6 Å². The van der Waals surface area contributed by atoms with Gasteiger partial charge in [-0.15, -0.1) is 0 Å². The molecule has 0 saturated heterocycles. The van der Waals surface area contributed by atoms with E-state index in [2.05, 4.69) is 26.2 Å². The summed E-state index contributed by atoms with van der Waals surface area (Å²) in [5.41, 5.74) is 2.38. The largest absolute Gasteiger partial charge is 0.337 e. The van der Waals surface area contributed by atoms with Crippen molar-refractivity contribution in [3.8, 4) is 6.07 Å². The molecule has 0 aliphatic heterocycles. The van der Waals surface area contributed by atoms with Crippen molar-refractivity contribution >= 4 is 16.7 Å². The first-order valence-corrected chi connectivity index (χ1v) is 10.1. The summed E-state index contributed by atoms with van der Waals surface area (Å²) in [7, 11) is 1.74. The molecule has 6 rings (SSSR count). The van der Waals surface area contributed by atoms with Gasteiger partial charge >= 0.3 is 0 Å². The lowest BCUT2D eigenvalue weighted by molar-refractivity contribution is 0.364. The van der Waals surface area contributed by atoms with Gasteiger partial charge in [0.15, 0.2) is 17.0 Å². The number of allylic oxidation sites excluding steroid dienone is 2. The molecule has 3 aromatic heterocycles. The number of nitriles is 1. The highest BCUT2D eigenvalue weighted by Crippen LogP contribution is 2.62. The van der Waals surface area contributed by atoms with Gasteiger partial charge in [-0.2, -0.15) is 10.2 Å². The van der Waals surface area contributed by atoms with E-state index in [0.717, 1.165) is 12.0 Å². The molecule has 0 bridgehead atoms. The van der Waals surface area contributed by atoms with E-state index in [1.165, 1.54) is 17.0 Å². The molecule has 1 saturated carbocycles. The molecule has 0 N–H and O–H groups in total. The first-order valence-electron chi connectivity index (χ1n) is 10.1. The highest BCUT2D eigenvalue weighted by molar-refractivity contribution is 5.71. The minimum absolute atomic E-state index is 0.125. The van der Waals surface area contributed by atoms with Crippen molar-refractivity contribution < 1.29 is 8.91 Å². The predicted octanol–water partition coefficient (Wildman–Crippen LogP) is 2.39. The van der Waals surface area contributed by atoms with Crippen LogP contribution in [0.1, 0.15) is 35.2 Å². The summed E-state index contributed by atoms with van der Waals surface area (Å²) >= 11 is 0. The molecule has 4 aromatic rings. The molecule has 3 unspecified atom stereocenters. The summed E-state index contributed by atoms with van der Waals surface area (Å²) in [5, 5.41) is 13.0. The Labute approximate surface area is 180 Å². The Morgan fingerprint density at radius 2 is 2.16 bits per heavy atom. The van der Waals surface area contributed by atoms with E-state index in [4.69, 9.17) is 9.78 Å². The Morgan fingerprint density at radius 1 is 1.31 bits per heavy atom. The average molecular weight is 429 g/mol. The standard InChI is InChI=1S/C22H16FN7O2/c1-29-9-25-21-19(29)22(31)30(10-26-21)8-17-27-20(28-32-17)18-14-5-12(6-15(14)18)13-3-2-11(7-24)4-16(13)23/h2-5,9-10,14-15,18H,6,8H2,1H3. The van der Waals surface area contributed by atoms with Crippen LogP contribution in [0.3, 0.4) is 0 Å². The maximum Gasteiger partial charge on any atom is 0.280 e. The molecule has 0 radical (unpaired) electrons. The number of rotatable bonds is 4. The Hall–Kier alpha value is -4.13. The molecule has 3 atom stereocenters. The zero-order chi connectivity index (χ0) is 22.0. The molecule has 10 heteroatoms. The van der Waals surface area contributed by atoms with E-state index in [1.807, 2.05) is 6.07 Å². The first kappa shape index (κ1) is 18.6. The van der Waals surface area contributed by atoms with Gasteiger partial charge in [-0.1, -0.05) is 17.3 Å². The number of nitrogens with zero attached hydrogens (tertiary/aromatic N) is 7. The van der Waals surface area contributed by atoms with E-state index < -0.39 is 0 Å². The van der Waals surface area contributed by atoms with Crippen LogP contribution >= 0.6 is 0 Å². The lowest BCUT2D eigenvalue weighted by Gasteiger charge is -2.07. The molecule has 0 spiro atoms. The lowest BCUT2D eigenvalue weighted by Crippen LogP contribution is -2.22. The van der Waals surface area contributed by atoms with Crippen molar-refractivity contribution in [2.45, 2.75) is 18.9 Å². The van der Waals surface area contributed by atoms with Crippen molar-refractivity contribution in [2.24, 2.45) is 18.9 Å². The highest BCUT2D eigenvalue weighted by atomic mass is 19.1. The molecule has 3 heterocycles. The van der Waals surface area contributed by atoms with Gasteiger partial charge in [0.1, 0.15) is 18.7 Å². The Balaban J connectivity index is 1.20. The Morgan fingerprint density at radius 3 is 2.91 bits per heavy atom. The zero-order valence-corrected chi connectivity index (χ0v) is 16.9. The molecule has 1 aromatic carbocycles. The summed E-state index contributed by atoms with van der Waals surface area (Å²) in [5.74, 6) is 1.24. The van der Waals surface area contributed by atoms with Crippen molar-refractivity contribution in [1.29, 1.82) is 5.26 Å². The van der Waals surface area contributed by atoms with E-state index >= 15 is 0 Å². The van der Waals surface area contributed by atoms with E-state index in [0.29, 0.717) is 39.9 Å². The van der Waals surface area contributed by atoms with Crippen molar-refractivity contribution in [3.63, 3.8) is 0 Å². The average Bonchev–Trinajstić information content (AvgIpc) is 3.20. The van der Waals surface area contributed by atoms with Crippen LogP contribution in [0, 0.1) is 29.0 Å². The number of aryl methyl sites for hydroxylation is 1. The molecular formula is C22H16FN7O2. The molecule has 1 fully saturated rings. The SMILES string of the molecule is Cn1cnc2ncn(Cc3nc(C4C5C=C(c6ccc(C#N)cc6F)CC54)no3)c(=O)c21. The quantitative estimate of drug-likeness (QED) is 0.489. The highest BCUT2D eigenvalue weighted by Gasteiger charge is 2.55. The van der Waals surface area contributed by atoms with Crippen molar-refractivity contribution in [2.75, 3.05) is 0 Å². The van der Waals surface area contributed by atoms with Gasteiger partial charge in [-0.05, 0) is 36.0 Å². The van der Waals surface area contributed by atoms with Crippen LogP contribution in [0.15, 0.2) is 46.2 Å². The summed E-state index contributed by atoms with van der Waals surface area (Å²) < 4.78 is 22.8. The normalized spacial score (nSPS) is 21.4. The fourth-order valence-corrected chi connectivity index (χ4v) is 4.65. The molecular weight excluding hydrogens is 413 g/mol. The number of halogens is 1. The second kappa shape index (κ2) is 6.68. The summed E-state index contributed by atoms with van der Waals surface area (Å²) in [6.45, 7) is 0.125. The van der Waals surface area contributed by atoms with Crippen molar-refractivity contribution in [3.05, 3.63) is 75.9 Å². The zero-order valence-electron chi connectivity index (χ0n) is 16.9. The molecule has 2 aliphatic carbocycles.